The molecule has 0 spiro atoms. The monoisotopic (exact) mass is 146 g/mol. The Balaban J connectivity index is 2.74. The number of hydrogen-bond acceptors (Lipinski definition) is 5. The lowest BCUT2D eigenvalue weighted by molar-refractivity contribution is 0.267. The quantitative estimate of drug-likeness (QED) is 0.577. The molecule has 1 aromatic rings. The van der Waals surface area contributed by atoms with Gasteiger partial charge in [-0.15, -0.1) is 0 Å². The van der Waals surface area contributed by atoms with Gasteiger partial charge in [0.15, 0.2) is 0 Å². The molecular formula is C4H6N2O2S. The van der Waals surface area contributed by atoms with Crippen LogP contribution in [0.3, 0.4) is 0 Å². The second-order valence-corrected chi connectivity index (χ2v) is 2.00. The van der Waals surface area contributed by atoms with Gasteiger partial charge in [0.1, 0.15) is 0 Å². The summed E-state index contributed by atoms with van der Waals surface area (Å²) in [7, 11) is 1.48. The fourth-order valence-electron chi connectivity index (χ4n) is 0.362. The molecule has 4 nitrogen and oxygen atoms in total. The van der Waals surface area contributed by atoms with Crippen molar-refractivity contribution in [2.45, 2.75) is 5.22 Å². The molecule has 1 heterocycles. The average Bonchev–Trinajstić information content (AvgIpc) is 2.34. The van der Waals surface area contributed by atoms with E-state index in [-0.39, 0.29) is 6.08 Å². The van der Waals surface area contributed by atoms with Crippen LogP contribution in [0, 0.1) is 0 Å². The molecule has 0 atom stereocenters. The molecule has 0 saturated carbocycles. The van der Waals surface area contributed by atoms with Crippen LogP contribution in [0.5, 0.6) is 6.08 Å². The SMILES string of the molecule is COc1nnc(SC)o1. The highest BCUT2D eigenvalue weighted by Crippen LogP contribution is 2.15. The lowest BCUT2D eigenvalue weighted by atomic mass is 11.3. The molecule has 0 N–H and O–H groups in total. The van der Waals surface area contributed by atoms with E-state index in [0.717, 1.165) is 0 Å². The van der Waals surface area contributed by atoms with E-state index >= 15 is 0 Å². The van der Waals surface area contributed by atoms with Crippen molar-refractivity contribution in [1.29, 1.82) is 0 Å². The van der Waals surface area contributed by atoms with Crippen molar-refractivity contribution in [2.75, 3.05) is 13.4 Å². The number of aromatic nitrogens is 2. The number of rotatable bonds is 2. The van der Waals surface area contributed by atoms with Crippen LogP contribution in [-0.4, -0.2) is 23.6 Å². The van der Waals surface area contributed by atoms with Gasteiger partial charge in [-0.2, -0.15) is 0 Å². The molecule has 0 radical (unpaired) electrons. The van der Waals surface area contributed by atoms with Gasteiger partial charge in [-0.1, -0.05) is 22.0 Å². The summed E-state index contributed by atoms with van der Waals surface area (Å²) in [6.45, 7) is 0. The molecule has 0 aliphatic heterocycles. The third kappa shape index (κ3) is 1.35. The summed E-state index contributed by atoms with van der Waals surface area (Å²) in [5, 5.41) is 7.69. The first-order valence-electron chi connectivity index (χ1n) is 2.28. The first-order chi connectivity index (χ1) is 4.36. The number of nitrogens with zero attached hydrogens (tertiary/aromatic N) is 2. The minimum Gasteiger partial charge on any atom is -0.452 e. The average molecular weight is 146 g/mol. The third-order valence-corrected chi connectivity index (χ3v) is 1.25. The van der Waals surface area contributed by atoms with Crippen LogP contribution in [0.15, 0.2) is 9.64 Å². The lowest BCUT2D eigenvalue weighted by Gasteiger charge is -1.84. The highest BCUT2D eigenvalue weighted by atomic mass is 32.2. The van der Waals surface area contributed by atoms with Gasteiger partial charge in [-0.25, -0.2) is 0 Å². The zero-order valence-corrected chi connectivity index (χ0v) is 5.94. The van der Waals surface area contributed by atoms with E-state index in [4.69, 9.17) is 4.42 Å². The Morgan fingerprint density at radius 1 is 1.56 bits per heavy atom. The zero-order chi connectivity index (χ0) is 6.69. The van der Waals surface area contributed by atoms with Gasteiger partial charge in [0.05, 0.1) is 7.11 Å². The standard InChI is InChI=1S/C4H6N2O2S/c1-7-3-5-6-4(8-3)9-2/h1-2H3. The Morgan fingerprint density at radius 3 is 2.67 bits per heavy atom. The normalized spacial score (nSPS) is 9.56. The van der Waals surface area contributed by atoms with Gasteiger partial charge in [0.2, 0.25) is 0 Å². The van der Waals surface area contributed by atoms with Crippen molar-refractivity contribution in [3.8, 4) is 6.08 Å². The maximum Gasteiger partial charge on any atom is 0.415 e. The molecular weight excluding hydrogens is 140 g/mol. The van der Waals surface area contributed by atoms with Crippen LogP contribution in [0.2, 0.25) is 0 Å². The highest BCUT2D eigenvalue weighted by Gasteiger charge is 2.01. The summed E-state index contributed by atoms with van der Waals surface area (Å²) in [4.78, 5) is 0. The zero-order valence-electron chi connectivity index (χ0n) is 5.12. The van der Waals surface area contributed by atoms with Crippen LogP contribution in [-0.2, 0) is 0 Å². The Labute approximate surface area is 56.6 Å². The summed E-state index contributed by atoms with van der Waals surface area (Å²) >= 11 is 1.38. The number of hydrogen-bond donors (Lipinski definition) is 0. The van der Waals surface area contributed by atoms with Gasteiger partial charge >= 0.3 is 6.08 Å². The lowest BCUT2D eigenvalue weighted by Crippen LogP contribution is -1.79. The minimum atomic E-state index is 0.208. The van der Waals surface area contributed by atoms with E-state index in [2.05, 4.69) is 14.9 Å². The fourth-order valence-corrected chi connectivity index (χ4v) is 0.639. The van der Waals surface area contributed by atoms with Gasteiger partial charge in [-0.3, -0.25) is 0 Å². The van der Waals surface area contributed by atoms with E-state index in [1.165, 1.54) is 18.9 Å². The molecule has 0 aliphatic carbocycles. The minimum absolute atomic E-state index is 0.208. The number of ether oxygens (including phenoxy) is 1. The third-order valence-electron chi connectivity index (χ3n) is 0.737. The first kappa shape index (κ1) is 6.41. The first-order valence-corrected chi connectivity index (χ1v) is 3.50. The van der Waals surface area contributed by atoms with Crippen molar-refractivity contribution < 1.29 is 9.15 Å². The van der Waals surface area contributed by atoms with Crippen LogP contribution in [0.4, 0.5) is 0 Å². The predicted molar refractivity (Wildman–Crippen MR) is 32.6 cm³/mol. The molecule has 9 heavy (non-hydrogen) atoms. The molecule has 1 rings (SSSR count). The van der Waals surface area contributed by atoms with Gasteiger partial charge < -0.3 is 9.15 Å². The smallest absolute Gasteiger partial charge is 0.415 e. The van der Waals surface area contributed by atoms with E-state index in [1.807, 2.05) is 6.26 Å². The summed E-state index contributed by atoms with van der Waals surface area (Å²) in [5.74, 6) is 0. The van der Waals surface area contributed by atoms with Crippen LogP contribution in [0.1, 0.15) is 0 Å². The summed E-state index contributed by atoms with van der Waals surface area (Å²) < 4.78 is 9.54. The molecule has 0 fully saturated rings. The second-order valence-electron chi connectivity index (χ2n) is 1.24. The Bertz CT molecular complexity index is 170. The highest BCUT2D eigenvalue weighted by molar-refractivity contribution is 7.98. The maximum absolute atomic E-state index is 4.90. The van der Waals surface area contributed by atoms with E-state index < -0.39 is 0 Å². The van der Waals surface area contributed by atoms with Gasteiger partial charge in [-0.05, 0) is 6.26 Å². The summed E-state index contributed by atoms with van der Waals surface area (Å²) in [6.07, 6.45) is 2.06. The summed E-state index contributed by atoms with van der Waals surface area (Å²) in [5.41, 5.74) is 0. The molecule has 50 valence electrons. The second kappa shape index (κ2) is 2.72. The van der Waals surface area contributed by atoms with Crippen LogP contribution < -0.4 is 4.74 Å². The van der Waals surface area contributed by atoms with E-state index in [1.54, 1.807) is 0 Å². The van der Waals surface area contributed by atoms with Crippen molar-refractivity contribution in [2.24, 2.45) is 0 Å². The molecule has 0 amide bonds. The van der Waals surface area contributed by atoms with Crippen molar-refractivity contribution in [3.63, 3.8) is 0 Å². The molecule has 0 aromatic carbocycles. The van der Waals surface area contributed by atoms with Crippen molar-refractivity contribution >= 4 is 11.8 Å². The Morgan fingerprint density at radius 2 is 2.33 bits per heavy atom. The van der Waals surface area contributed by atoms with Crippen molar-refractivity contribution in [3.05, 3.63) is 0 Å². The molecule has 0 bridgehead atoms. The van der Waals surface area contributed by atoms with Gasteiger partial charge in [0, 0.05) is 0 Å². The molecule has 0 aliphatic rings. The molecule has 5 heteroatoms. The predicted octanol–water partition coefficient (Wildman–Crippen LogP) is 0.800. The van der Waals surface area contributed by atoms with Crippen molar-refractivity contribution in [1.82, 2.24) is 10.2 Å². The summed E-state index contributed by atoms with van der Waals surface area (Å²) in [6, 6.07) is 0. The molecule has 0 saturated heterocycles. The fraction of sp³-hybridized carbons (Fsp3) is 0.500. The molecule has 1 aromatic heterocycles. The van der Waals surface area contributed by atoms with Crippen LogP contribution >= 0.6 is 11.8 Å². The molecule has 0 unspecified atom stereocenters. The maximum atomic E-state index is 4.90. The van der Waals surface area contributed by atoms with E-state index in [0.29, 0.717) is 5.22 Å². The van der Waals surface area contributed by atoms with Crippen LogP contribution in [0.25, 0.3) is 0 Å². The topological polar surface area (TPSA) is 48.2 Å². The number of methoxy groups -OCH3 is 1. The Hall–Kier alpha value is -0.710. The number of thioether (sulfide) groups is 1. The van der Waals surface area contributed by atoms with E-state index in [9.17, 15) is 0 Å². The largest absolute Gasteiger partial charge is 0.452 e. The van der Waals surface area contributed by atoms with Gasteiger partial charge in [0.25, 0.3) is 5.22 Å². The Kier molecular flexibility index (Phi) is 1.94.